The maximum atomic E-state index is 11.7. The highest BCUT2D eigenvalue weighted by molar-refractivity contribution is 6.33. The largest absolute Gasteiger partial charge is 0.352 e. The Morgan fingerprint density at radius 3 is 2.50 bits per heavy atom. The van der Waals surface area contributed by atoms with Crippen molar-refractivity contribution in [1.82, 2.24) is 10.3 Å². The van der Waals surface area contributed by atoms with Crippen molar-refractivity contribution in [1.29, 1.82) is 0 Å². The lowest BCUT2D eigenvalue weighted by Crippen LogP contribution is -2.32. The lowest BCUT2D eigenvalue weighted by Gasteiger charge is -2.25. The average Bonchev–Trinajstić information content (AvgIpc) is 2.13. The number of carbonyl (C=O) groups excluding carboxylic acids is 1. The second kappa shape index (κ2) is 5.02. The quantitative estimate of drug-likeness (QED) is 0.848. The fourth-order valence-electron chi connectivity index (χ4n) is 1.63. The molecule has 0 atom stereocenters. The molecule has 1 aromatic heterocycles. The van der Waals surface area contributed by atoms with E-state index in [2.05, 4.69) is 10.3 Å². The first-order chi connectivity index (χ1) is 7.65. The van der Waals surface area contributed by atoms with Crippen molar-refractivity contribution in [3.63, 3.8) is 0 Å². The maximum absolute atomic E-state index is 11.7. The average molecular weight is 259 g/mol. The summed E-state index contributed by atoms with van der Waals surface area (Å²) < 4.78 is 0. The van der Waals surface area contributed by atoms with Crippen LogP contribution in [0.15, 0.2) is 12.1 Å². The van der Waals surface area contributed by atoms with Crippen LogP contribution in [0.25, 0.3) is 0 Å². The number of pyridine rings is 1. The first-order valence-corrected chi connectivity index (χ1v) is 6.02. The van der Waals surface area contributed by atoms with E-state index in [0.717, 1.165) is 6.54 Å². The van der Waals surface area contributed by atoms with Gasteiger partial charge in [0.25, 0.3) is 5.91 Å². The van der Waals surface area contributed by atoms with Crippen LogP contribution in [-0.4, -0.2) is 17.4 Å². The predicted molar refractivity (Wildman–Crippen MR) is 63.9 cm³/mol. The van der Waals surface area contributed by atoms with Gasteiger partial charge in [0.2, 0.25) is 0 Å². The molecule has 0 unspecified atom stereocenters. The zero-order valence-electron chi connectivity index (χ0n) is 8.67. The van der Waals surface area contributed by atoms with E-state index in [0.29, 0.717) is 11.5 Å². The highest BCUT2D eigenvalue weighted by Gasteiger charge is 2.18. The SMILES string of the molecule is O=C(NCC1CCC1)c1cc(Cl)nc(Cl)c1. The van der Waals surface area contributed by atoms with Gasteiger partial charge >= 0.3 is 0 Å². The molecule has 0 aliphatic heterocycles. The fraction of sp³-hybridized carbons (Fsp3) is 0.455. The maximum Gasteiger partial charge on any atom is 0.251 e. The van der Waals surface area contributed by atoms with Gasteiger partial charge < -0.3 is 5.32 Å². The van der Waals surface area contributed by atoms with Crippen molar-refractivity contribution in [3.8, 4) is 0 Å². The number of halogens is 2. The van der Waals surface area contributed by atoms with Gasteiger partial charge in [0.15, 0.2) is 0 Å². The predicted octanol–water partition coefficient (Wildman–Crippen LogP) is 2.92. The van der Waals surface area contributed by atoms with Gasteiger partial charge in [-0.2, -0.15) is 0 Å². The van der Waals surface area contributed by atoms with Gasteiger partial charge in [-0.1, -0.05) is 29.6 Å². The summed E-state index contributed by atoms with van der Waals surface area (Å²) in [6.07, 6.45) is 3.68. The molecule has 1 N–H and O–H groups in total. The minimum Gasteiger partial charge on any atom is -0.352 e. The van der Waals surface area contributed by atoms with Crippen LogP contribution in [0.4, 0.5) is 0 Å². The van der Waals surface area contributed by atoms with Crippen LogP contribution in [0.1, 0.15) is 29.6 Å². The Balaban J connectivity index is 1.96. The molecule has 1 aliphatic rings. The number of nitrogens with one attached hydrogen (secondary N) is 1. The summed E-state index contributed by atoms with van der Waals surface area (Å²) in [5, 5.41) is 3.35. The standard InChI is InChI=1S/C11H12Cl2N2O/c12-9-4-8(5-10(13)15-9)11(16)14-6-7-2-1-3-7/h4-5,7H,1-3,6H2,(H,14,16). The third-order valence-corrected chi connectivity index (χ3v) is 3.19. The number of hydrogen-bond donors (Lipinski definition) is 1. The molecule has 1 saturated carbocycles. The Kier molecular flexibility index (Phi) is 3.66. The molecule has 0 spiro atoms. The van der Waals surface area contributed by atoms with Crippen LogP contribution < -0.4 is 5.32 Å². The monoisotopic (exact) mass is 258 g/mol. The summed E-state index contributed by atoms with van der Waals surface area (Å²) in [5.41, 5.74) is 0.462. The molecule has 16 heavy (non-hydrogen) atoms. The van der Waals surface area contributed by atoms with E-state index in [1.165, 1.54) is 31.4 Å². The van der Waals surface area contributed by atoms with Crippen molar-refractivity contribution >= 4 is 29.1 Å². The zero-order chi connectivity index (χ0) is 11.5. The Hall–Kier alpha value is -0.800. The molecule has 1 heterocycles. The van der Waals surface area contributed by atoms with Gasteiger partial charge in [-0.05, 0) is 30.9 Å². The van der Waals surface area contributed by atoms with Crippen molar-refractivity contribution < 1.29 is 4.79 Å². The normalized spacial score (nSPS) is 15.6. The fourth-order valence-corrected chi connectivity index (χ4v) is 2.09. The lowest BCUT2D eigenvalue weighted by atomic mass is 9.85. The number of aromatic nitrogens is 1. The number of nitrogens with zero attached hydrogens (tertiary/aromatic N) is 1. The third-order valence-electron chi connectivity index (χ3n) is 2.80. The molecule has 1 amide bonds. The molecule has 3 nitrogen and oxygen atoms in total. The molecule has 0 radical (unpaired) electrons. The van der Waals surface area contributed by atoms with Crippen LogP contribution in [0.5, 0.6) is 0 Å². The van der Waals surface area contributed by atoms with Gasteiger partial charge in [-0.25, -0.2) is 4.98 Å². The van der Waals surface area contributed by atoms with Crippen LogP contribution in [0, 0.1) is 5.92 Å². The van der Waals surface area contributed by atoms with E-state index in [4.69, 9.17) is 23.2 Å². The Morgan fingerprint density at radius 2 is 2.00 bits per heavy atom. The molecule has 86 valence electrons. The van der Waals surface area contributed by atoms with Crippen molar-refractivity contribution in [2.45, 2.75) is 19.3 Å². The van der Waals surface area contributed by atoms with Gasteiger partial charge in [-0.3, -0.25) is 4.79 Å². The minimum atomic E-state index is -0.141. The van der Waals surface area contributed by atoms with Crippen LogP contribution in [-0.2, 0) is 0 Å². The summed E-state index contributed by atoms with van der Waals surface area (Å²) >= 11 is 11.4. The van der Waals surface area contributed by atoms with Crippen molar-refractivity contribution in [2.24, 2.45) is 5.92 Å². The van der Waals surface area contributed by atoms with Gasteiger partial charge in [-0.15, -0.1) is 0 Å². The molecule has 0 aromatic carbocycles. The Morgan fingerprint density at radius 1 is 1.38 bits per heavy atom. The Bertz CT molecular complexity index is 385. The number of amides is 1. The van der Waals surface area contributed by atoms with Gasteiger partial charge in [0.1, 0.15) is 10.3 Å². The molecular weight excluding hydrogens is 247 g/mol. The lowest BCUT2D eigenvalue weighted by molar-refractivity contribution is 0.0939. The first-order valence-electron chi connectivity index (χ1n) is 5.26. The molecule has 1 aliphatic carbocycles. The smallest absolute Gasteiger partial charge is 0.251 e. The first kappa shape index (κ1) is 11.7. The summed E-state index contributed by atoms with van der Waals surface area (Å²) in [6, 6.07) is 3.03. The molecular formula is C11H12Cl2N2O. The van der Waals surface area contributed by atoms with Gasteiger partial charge in [0.05, 0.1) is 0 Å². The van der Waals surface area contributed by atoms with Crippen molar-refractivity contribution in [2.75, 3.05) is 6.54 Å². The highest BCUT2D eigenvalue weighted by Crippen LogP contribution is 2.25. The minimum absolute atomic E-state index is 0.141. The Labute approximate surface area is 104 Å². The van der Waals surface area contributed by atoms with E-state index in [-0.39, 0.29) is 16.2 Å². The van der Waals surface area contributed by atoms with E-state index >= 15 is 0 Å². The van der Waals surface area contributed by atoms with E-state index < -0.39 is 0 Å². The third kappa shape index (κ3) is 2.86. The summed E-state index contributed by atoms with van der Waals surface area (Å²) in [6.45, 7) is 0.733. The molecule has 0 bridgehead atoms. The molecule has 1 aromatic rings. The number of rotatable bonds is 3. The topological polar surface area (TPSA) is 42.0 Å². The highest BCUT2D eigenvalue weighted by atomic mass is 35.5. The zero-order valence-corrected chi connectivity index (χ0v) is 10.2. The van der Waals surface area contributed by atoms with E-state index in [1.54, 1.807) is 0 Å². The van der Waals surface area contributed by atoms with Crippen LogP contribution >= 0.6 is 23.2 Å². The summed E-state index contributed by atoms with van der Waals surface area (Å²) in [7, 11) is 0. The number of hydrogen-bond acceptors (Lipinski definition) is 2. The van der Waals surface area contributed by atoms with E-state index in [9.17, 15) is 4.79 Å². The second-order valence-corrected chi connectivity index (χ2v) is 4.78. The molecule has 2 rings (SSSR count). The summed E-state index contributed by atoms with van der Waals surface area (Å²) in [5.74, 6) is 0.495. The molecule has 5 heteroatoms. The number of carbonyl (C=O) groups is 1. The summed E-state index contributed by atoms with van der Waals surface area (Å²) in [4.78, 5) is 15.5. The van der Waals surface area contributed by atoms with Gasteiger partial charge in [0, 0.05) is 12.1 Å². The molecule has 1 fully saturated rings. The van der Waals surface area contributed by atoms with E-state index in [1.807, 2.05) is 0 Å². The molecule has 0 saturated heterocycles. The van der Waals surface area contributed by atoms with Crippen molar-refractivity contribution in [3.05, 3.63) is 28.0 Å². The van der Waals surface area contributed by atoms with Crippen LogP contribution in [0.2, 0.25) is 10.3 Å². The second-order valence-electron chi connectivity index (χ2n) is 4.01. The van der Waals surface area contributed by atoms with Crippen LogP contribution in [0.3, 0.4) is 0 Å².